The quantitative estimate of drug-likeness (QED) is 0.454. The molecule has 0 aromatic heterocycles. The Morgan fingerprint density at radius 3 is 2.44 bits per heavy atom. The molecule has 0 bridgehead atoms. The van der Waals surface area contributed by atoms with Crippen molar-refractivity contribution >= 4 is 29.9 Å². The van der Waals surface area contributed by atoms with E-state index in [0.29, 0.717) is 6.04 Å². The lowest BCUT2D eigenvalue weighted by atomic mass is 9.89. The van der Waals surface area contributed by atoms with E-state index < -0.39 is 0 Å². The minimum atomic E-state index is 0. The second kappa shape index (κ2) is 8.19. The zero-order chi connectivity index (χ0) is 12.1. The van der Waals surface area contributed by atoms with Gasteiger partial charge in [0.15, 0.2) is 5.96 Å². The van der Waals surface area contributed by atoms with Crippen molar-refractivity contribution in [2.24, 2.45) is 22.4 Å². The molecule has 18 heavy (non-hydrogen) atoms. The monoisotopic (exact) mass is 366 g/mol. The van der Waals surface area contributed by atoms with Gasteiger partial charge in [0, 0.05) is 12.6 Å². The highest BCUT2D eigenvalue weighted by atomic mass is 127. The normalized spacial score (nSPS) is 25.7. The van der Waals surface area contributed by atoms with Crippen molar-refractivity contribution in [3.05, 3.63) is 0 Å². The number of halogens is 1. The SMILES string of the molecule is I.NC(N)=NCC1CCCN1CC1CCCCC1. The third-order valence-electron chi connectivity index (χ3n) is 4.20. The Hall–Kier alpha value is -0.0400. The van der Waals surface area contributed by atoms with Crippen LogP contribution in [0.15, 0.2) is 4.99 Å². The molecular weight excluding hydrogens is 339 g/mol. The second-order valence-electron chi connectivity index (χ2n) is 5.56. The summed E-state index contributed by atoms with van der Waals surface area (Å²) in [7, 11) is 0. The molecule has 2 fully saturated rings. The zero-order valence-electron chi connectivity index (χ0n) is 11.2. The van der Waals surface area contributed by atoms with Crippen LogP contribution >= 0.6 is 24.0 Å². The summed E-state index contributed by atoms with van der Waals surface area (Å²) in [5.41, 5.74) is 10.8. The van der Waals surface area contributed by atoms with Crippen molar-refractivity contribution in [2.45, 2.75) is 51.0 Å². The van der Waals surface area contributed by atoms with Crippen LogP contribution in [0.4, 0.5) is 0 Å². The Kier molecular flexibility index (Phi) is 7.29. The van der Waals surface area contributed by atoms with Gasteiger partial charge in [-0.3, -0.25) is 9.89 Å². The topological polar surface area (TPSA) is 67.6 Å². The molecule has 2 rings (SSSR count). The molecule has 1 atom stereocenters. The number of guanidine groups is 1. The molecule has 5 heteroatoms. The van der Waals surface area contributed by atoms with Crippen molar-refractivity contribution in [3.63, 3.8) is 0 Å². The van der Waals surface area contributed by atoms with Crippen molar-refractivity contribution in [1.82, 2.24) is 4.90 Å². The van der Waals surface area contributed by atoms with Gasteiger partial charge in [-0.1, -0.05) is 19.3 Å². The minimum Gasteiger partial charge on any atom is -0.370 e. The Morgan fingerprint density at radius 1 is 1.06 bits per heavy atom. The summed E-state index contributed by atoms with van der Waals surface area (Å²) in [5, 5.41) is 0. The Bertz CT molecular complexity index is 260. The molecule has 0 spiro atoms. The van der Waals surface area contributed by atoms with Crippen LogP contribution in [0.3, 0.4) is 0 Å². The Labute approximate surface area is 128 Å². The molecule has 1 unspecified atom stereocenters. The fraction of sp³-hybridized carbons (Fsp3) is 0.923. The van der Waals surface area contributed by atoms with Crippen LogP contribution in [0.2, 0.25) is 0 Å². The van der Waals surface area contributed by atoms with Crippen molar-refractivity contribution < 1.29 is 0 Å². The van der Waals surface area contributed by atoms with E-state index in [0.717, 1.165) is 12.5 Å². The van der Waals surface area contributed by atoms with E-state index in [2.05, 4.69) is 9.89 Å². The molecule has 1 saturated carbocycles. The lowest BCUT2D eigenvalue weighted by Crippen LogP contribution is -2.37. The molecule has 0 aromatic rings. The summed E-state index contributed by atoms with van der Waals surface area (Å²) in [6.07, 6.45) is 9.69. The van der Waals surface area contributed by atoms with E-state index in [9.17, 15) is 0 Å². The molecule has 4 nitrogen and oxygen atoms in total. The first-order chi connectivity index (χ1) is 8.25. The maximum Gasteiger partial charge on any atom is 0.185 e. The highest BCUT2D eigenvalue weighted by molar-refractivity contribution is 14.0. The van der Waals surface area contributed by atoms with E-state index in [4.69, 9.17) is 11.5 Å². The molecule has 0 amide bonds. The number of nitrogens with two attached hydrogens (primary N) is 2. The minimum absolute atomic E-state index is 0. The number of rotatable bonds is 4. The van der Waals surface area contributed by atoms with Crippen molar-refractivity contribution in [3.8, 4) is 0 Å². The van der Waals surface area contributed by atoms with Crippen LogP contribution in [0.5, 0.6) is 0 Å². The van der Waals surface area contributed by atoms with Crippen LogP contribution < -0.4 is 11.5 Å². The van der Waals surface area contributed by atoms with Crippen LogP contribution in [-0.2, 0) is 0 Å². The average molecular weight is 366 g/mol. The lowest BCUT2D eigenvalue weighted by Gasteiger charge is -2.30. The first-order valence-electron chi connectivity index (χ1n) is 7.05. The number of hydrogen-bond acceptors (Lipinski definition) is 2. The Balaban J connectivity index is 0.00000162. The molecule has 1 aliphatic carbocycles. The van der Waals surface area contributed by atoms with Crippen LogP contribution in [0.25, 0.3) is 0 Å². The van der Waals surface area contributed by atoms with Gasteiger partial charge in [-0.2, -0.15) is 0 Å². The maximum absolute atomic E-state index is 5.41. The van der Waals surface area contributed by atoms with Crippen molar-refractivity contribution in [2.75, 3.05) is 19.6 Å². The van der Waals surface area contributed by atoms with E-state index in [1.165, 1.54) is 58.0 Å². The molecule has 2 aliphatic rings. The predicted octanol–water partition coefficient (Wildman–Crippen LogP) is 1.92. The van der Waals surface area contributed by atoms with Gasteiger partial charge in [0.1, 0.15) is 0 Å². The molecule has 106 valence electrons. The second-order valence-corrected chi connectivity index (χ2v) is 5.56. The summed E-state index contributed by atoms with van der Waals surface area (Å²) >= 11 is 0. The van der Waals surface area contributed by atoms with E-state index in [1.54, 1.807) is 0 Å². The van der Waals surface area contributed by atoms with Gasteiger partial charge in [0.2, 0.25) is 0 Å². The molecule has 0 radical (unpaired) electrons. The Morgan fingerprint density at radius 2 is 1.78 bits per heavy atom. The summed E-state index contributed by atoms with van der Waals surface area (Å²) < 4.78 is 0. The molecule has 1 heterocycles. The van der Waals surface area contributed by atoms with Gasteiger partial charge in [0.25, 0.3) is 0 Å². The highest BCUT2D eigenvalue weighted by Crippen LogP contribution is 2.27. The third-order valence-corrected chi connectivity index (χ3v) is 4.20. The molecule has 4 N–H and O–H groups in total. The van der Waals surface area contributed by atoms with Gasteiger partial charge in [-0.05, 0) is 38.1 Å². The average Bonchev–Trinajstić information content (AvgIpc) is 2.75. The van der Waals surface area contributed by atoms with Crippen molar-refractivity contribution in [1.29, 1.82) is 0 Å². The van der Waals surface area contributed by atoms with E-state index >= 15 is 0 Å². The standard InChI is InChI=1S/C13H26N4.HI/c14-13(15)16-9-12-7-4-8-17(12)10-11-5-2-1-3-6-11;/h11-12H,1-10H2,(H4,14,15,16);1H. The van der Waals surface area contributed by atoms with Gasteiger partial charge < -0.3 is 11.5 Å². The first kappa shape index (κ1) is 16.0. The van der Waals surface area contributed by atoms with E-state index in [1.807, 2.05) is 0 Å². The number of hydrogen-bond donors (Lipinski definition) is 2. The molecule has 1 aliphatic heterocycles. The summed E-state index contributed by atoms with van der Waals surface area (Å²) in [6.45, 7) is 3.29. The van der Waals surface area contributed by atoms with Crippen LogP contribution in [0.1, 0.15) is 44.9 Å². The summed E-state index contributed by atoms with van der Waals surface area (Å²) in [5.74, 6) is 1.15. The zero-order valence-corrected chi connectivity index (χ0v) is 13.5. The fourth-order valence-electron chi connectivity index (χ4n) is 3.25. The third kappa shape index (κ3) is 4.91. The highest BCUT2D eigenvalue weighted by Gasteiger charge is 2.27. The predicted molar refractivity (Wildman–Crippen MR) is 87.3 cm³/mol. The van der Waals surface area contributed by atoms with Gasteiger partial charge in [-0.15, -0.1) is 24.0 Å². The molecule has 1 saturated heterocycles. The first-order valence-corrected chi connectivity index (χ1v) is 7.05. The summed E-state index contributed by atoms with van der Waals surface area (Å²) in [4.78, 5) is 6.79. The van der Waals surface area contributed by atoms with Crippen LogP contribution in [-0.4, -0.2) is 36.5 Å². The van der Waals surface area contributed by atoms with E-state index in [-0.39, 0.29) is 29.9 Å². The number of likely N-dealkylation sites (tertiary alicyclic amines) is 1. The van der Waals surface area contributed by atoms with Crippen LogP contribution in [0, 0.1) is 5.92 Å². The van der Waals surface area contributed by atoms with Gasteiger partial charge >= 0.3 is 0 Å². The largest absolute Gasteiger partial charge is 0.370 e. The summed E-state index contributed by atoms with van der Waals surface area (Å²) in [6, 6.07) is 0.582. The van der Waals surface area contributed by atoms with Gasteiger partial charge in [0.05, 0.1) is 6.54 Å². The molecular formula is C13H27IN4. The lowest BCUT2D eigenvalue weighted by molar-refractivity contribution is 0.191. The fourth-order valence-corrected chi connectivity index (χ4v) is 3.25. The molecule has 0 aromatic carbocycles. The maximum atomic E-state index is 5.41. The number of nitrogens with zero attached hydrogens (tertiary/aromatic N) is 2. The number of aliphatic imine (C=N–C) groups is 1. The smallest absolute Gasteiger partial charge is 0.185 e. The van der Waals surface area contributed by atoms with Gasteiger partial charge in [-0.25, -0.2) is 0 Å².